The average Bonchev–Trinajstić information content (AvgIpc) is 3.02. The van der Waals surface area contributed by atoms with E-state index in [1.807, 2.05) is 36.4 Å². The van der Waals surface area contributed by atoms with Gasteiger partial charge in [-0.2, -0.15) is 0 Å². The molecule has 2 atom stereocenters. The van der Waals surface area contributed by atoms with Crippen molar-refractivity contribution in [1.82, 2.24) is 21.3 Å². The van der Waals surface area contributed by atoms with Gasteiger partial charge in [-0.25, -0.2) is 4.79 Å². The minimum atomic E-state index is -1.08. The van der Waals surface area contributed by atoms with Crippen LogP contribution >= 0.6 is 0 Å². The van der Waals surface area contributed by atoms with Gasteiger partial charge in [-0.15, -0.1) is 0 Å². The number of ether oxygens (including phenoxy) is 2. The van der Waals surface area contributed by atoms with Crippen molar-refractivity contribution in [1.29, 1.82) is 0 Å². The molecule has 0 aliphatic rings. The van der Waals surface area contributed by atoms with Crippen LogP contribution in [0.4, 0.5) is 4.79 Å². The standard InChI is InChI=1S/C34H41N5O7/c1-34(2,3)46-33(44)37-20-29(40)36-21-30(41)38-28(19-23-10-6-4-7-11-23)32(43)39-27(31(35)42)18-24-14-16-26(17-15-24)45-22-25-12-8-5-9-13-25/h4-17,27-28H,18-22H2,1-3H3,(H2,35,42)(H,36,40)(H,37,44)(H,38,41)(H,39,43)/t27-,28-/m1/s1. The molecule has 0 saturated heterocycles. The number of rotatable bonds is 15. The molecule has 0 heterocycles. The molecule has 12 nitrogen and oxygen atoms in total. The molecule has 0 aromatic heterocycles. The Hall–Kier alpha value is -5.39. The Kier molecular flexibility index (Phi) is 13.1. The van der Waals surface area contributed by atoms with Gasteiger partial charge in [0.2, 0.25) is 23.6 Å². The maximum atomic E-state index is 13.4. The fourth-order valence-electron chi connectivity index (χ4n) is 4.21. The highest BCUT2D eigenvalue weighted by atomic mass is 16.6. The predicted molar refractivity (Wildman–Crippen MR) is 171 cm³/mol. The molecule has 3 aromatic rings. The lowest BCUT2D eigenvalue weighted by molar-refractivity contribution is -0.131. The first-order valence-electron chi connectivity index (χ1n) is 14.8. The van der Waals surface area contributed by atoms with Crippen LogP contribution in [-0.4, -0.2) is 60.5 Å². The average molecular weight is 632 g/mol. The lowest BCUT2D eigenvalue weighted by Gasteiger charge is -2.22. The number of primary amides is 1. The van der Waals surface area contributed by atoms with Crippen LogP contribution in [0.15, 0.2) is 84.9 Å². The van der Waals surface area contributed by atoms with E-state index in [0.717, 1.165) is 16.7 Å². The summed E-state index contributed by atoms with van der Waals surface area (Å²) < 4.78 is 10.9. The fraction of sp³-hybridized carbons (Fsp3) is 0.324. The van der Waals surface area contributed by atoms with Gasteiger partial charge in [0.25, 0.3) is 0 Å². The summed E-state index contributed by atoms with van der Waals surface area (Å²) in [6, 6.07) is 23.7. The number of nitrogens with two attached hydrogens (primary N) is 1. The van der Waals surface area contributed by atoms with Crippen molar-refractivity contribution < 1.29 is 33.4 Å². The van der Waals surface area contributed by atoms with Gasteiger partial charge in [-0.1, -0.05) is 72.8 Å². The Bertz CT molecular complexity index is 1460. The van der Waals surface area contributed by atoms with E-state index in [2.05, 4.69) is 21.3 Å². The molecule has 5 amide bonds. The summed E-state index contributed by atoms with van der Waals surface area (Å²) in [6.07, 6.45) is -0.541. The molecule has 0 unspecified atom stereocenters. The van der Waals surface area contributed by atoms with E-state index in [1.165, 1.54) is 0 Å². The molecule has 6 N–H and O–H groups in total. The zero-order valence-electron chi connectivity index (χ0n) is 26.2. The maximum Gasteiger partial charge on any atom is 0.408 e. The monoisotopic (exact) mass is 631 g/mol. The van der Waals surface area contributed by atoms with Crippen molar-refractivity contribution in [3.63, 3.8) is 0 Å². The molecular formula is C34H41N5O7. The molecular weight excluding hydrogens is 590 g/mol. The highest BCUT2D eigenvalue weighted by molar-refractivity contribution is 5.93. The van der Waals surface area contributed by atoms with E-state index < -0.39 is 60.5 Å². The van der Waals surface area contributed by atoms with Crippen LogP contribution < -0.4 is 31.7 Å². The molecule has 0 spiro atoms. The molecule has 0 bridgehead atoms. The van der Waals surface area contributed by atoms with Crippen molar-refractivity contribution in [2.45, 2.75) is 57.9 Å². The van der Waals surface area contributed by atoms with E-state index >= 15 is 0 Å². The van der Waals surface area contributed by atoms with Crippen molar-refractivity contribution in [3.05, 3.63) is 102 Å². The van der Waals surface area contributed by atoms with E-state index in [1.54, 1.807) is 69.3 Å². The highest BCUT2D eigenvalue weighted by Gasteiger charge is 2.26. The molecule has 0 radical (unpaired) electrons. The van der Waals surface area contributed by atoms with Crippen LogP contribution in [0.25, 0.3) is 0 Å². The second kappa shape index (κ2) is 17.2. The third kappa shape index (κ3) is 13.1. The van der Waals surface area contributed by atoms with Crippen molar-refractivity contribution in [3.8, 4) is 5.75 Å². The normalized spacial score (nSPS) is 12.2. The number of amides is 5. The summed E-state index contributed by atoms with van der Waals surface area (Å²) in [4.78, 5) is 62.4. The third-order valence-electron chi connectivity index (χ3n) is 6.44. The maximum absolute atomic E-state index is 13.4. The predicted octanol–water partition coefficient (Wildman–Crippen LogP) is 2.15. The van der Waals surface area contributed by atoms with Crippen LogP contribution in [0.3, 0.4) is 0 Å². The van der Waals surface area contributed by atoms with Crippen LogP contribution in [0, 0.1) is 0 Å². The fourth-order valence-corrected chi connectivity index (χ4v) is 4.21. The summed E-state index contributed by atoms with van der Waals surface area (Å²) >= 11 is 0. The SMILES string of the molecule is CC(C)(C)OC(=O)NCC(=O)NCC(=O)N[C@H](Cc1ccccc1)C(=O)N[C@H](Cc1ccc(OCc2ccccc2)cc1)C(N)=O. The molecule has 3 aromatic carbocycles. The molecule has 0 fully saturated rings. The quantitative estimate of drug-likeness (QED) is 0.171. The molecule has 0 saturated carbocycles. The van der Waals surface area contributed by atoms with Gasteiger partial charge in [0.05, 0.1) is 6.54 Å². The van der Waals surface area contributed by atoms with Gasteiger partial charge in [0, 0.05) is 12.8 Å². The van der Waals surface area contributed by atoms with E-state index in [4.69, 9.17) is 15.2 Å². The van der Waals surface area contributed by atoms with Crippen LogP contribution in [0.2, 0.25) is 0 Å². The summed E-state index contributed by atoms with van der Waals surface area (Å²) in [6.45, 7) is 4.60. The van der Waals surface area contributed by atoms with Crippen molar-refractivity contribution >= 4 is 29.7 Å². The zero-order chi connectivity index (χ0) is 33.5. The Morgan fingerprint density at radius 1 is 0.674 bits per heavy atom. The minimum absolute atomic E-state index is 0.117. The number of carbonyl (C=O) groups excluding carboxylic acids is 5. The third-order valence-corrected chi connectivity index (χ3v) is 6.44. The summed E-state index contributed by atoms with van der Waals surface area (Å²) in [5.74, 6) is -2.00. The summed E-state index contributed by atoms with van der Waals surface area (Å²) in [7, 11) is 0. The number of benzene rings is 3. The first-order valence-corrected chi connectivity index (χ1v) is 14.8. The Labute approximate surface area is 268 Å². The Morgan fingerprint density at radius 2 is 1.22 bits per heavy atom. The van der Waals surface area contributed by atoms with Crippen molar-refractivity contribution in [2.24, 2.45) is 5.73 Å². The van der Waals surface area contributed by atoms with E-state index in [0.29, 0.717) is 12.4 Å². The molecule has 244 valence electrons. The lowest BCUT2D eigenvalue weighted by Crippen LogP contribution is -2.55. The molecule has 0 aliphatic carbocycles. The molecule has 3 rings (SSSR count). The number of alkyl carbamates (subject to hydrolysis) is 1. The van der Waals surface area contributed by atoms with Gasteiger partial charge in [0.15, 0.2) is 0 Å². The van der Waals surface area contributed by atoms with Crippen LogP contribution in [0.1, 0.15) is 37.5 Å². The Morgan fingerprint density at radius 3 is 1.80 bits per heavy atom. The smallest absolute Gasteiger partial charge is 0.408 e. The molecule has 0 aliphatic heterocycles. The molecule has 12 heteroatoms. The van der Waals surface area contributed by atoms with Crippen LogP contribution in [-0.2, 0) is 43.4 Å². The number of carbonyl (C=O) groups is 5. The lowest BCUT2D eigenvalue weighted by atomic mass is 10.0. The number of nitrogens with one attached hydrogen (secondary N) is 4. The zero-order valence-corrected chi connectivity index (χ0v) is 26.2. The van der Waals surface area contributed by atoms with E-state index in [-0.39, 0.29) is 12.8 Å². The number of hydrogen-bond donors (Lipinski definition) is 5. The topological polar surface area (TPSA) is 178 Å². The van der Waals surface area contributed by atoms with Crippen molar-refractivity contribution in [2.75, 3.05) is 13.1 Å². The van der Waals surface area contributed by atoms with E-state index in [9.17, 15) is 24.0 Å². The number of hydrogen-bond acceptors (Lipinski definition) is 7. The minimum Gasteiger partial charge on any atom is -0.489 e. The highest BCUT2D eigenvalue weighted by Crippen LogP contribution is 2.16. The van der Waals surface area contributed by atoms with Gasteiger partial charge in [0.1, 0.15) is 36.6 Å². The van der Waals surface area contributed by atoms with Gasteiger partial charge in [-0.3, -0.25) is 19.2 Å². The van der Waals surface area contributed by atoms with Gasteiger partial charge >= 0.3 is 6.09 Å². The Balaban J connectivity index is 1.58. The first kappa shape index (κ1) is 35.1. The van der Waals surface area contributed by atoms with Gasteiger partial charge in [-0.05, 0) is 49.6 Å². The second-order valence-corrected chi connectivity index (χ2v) is 11.5. The second-order valence-electron chi connectivity index (χ2n) is 11.5. The first-order chi connectivity index (χ1) is 21.9. The van der Waals surface area contributed by atoms with Crippen LogP contribution in [0.5, 0.6) is 5.75 Å². The summed E-state index contributed by atoms with van der Waals surface area (Å²) in [5, 5.41) is 9.96. The largest absolute Gasteiger partial charge is 0.489 e. The summed E-state index contributed by atoms with van der Waals surface area (Å²) in [5.41, 5.74) is 7.43. The molecule has 46 heavy (non-hydrogen) atoms. The van der Waals surface area contributed by atoms with Gasteiger partial charge < -0.3 is 36.5 Å².